The van der Waals surface area contributed by atoms with Crippen LogP contribution in [0.25, 0.3) is 0 Å². The molecular formula is C14H11Cl2N3O3. The minimum Gasteiger partial charge on any atom is -0.369 e. The summed E-state index contributed by atoms with van der Waals surface area (Å²) >= 11 is 12.1. The van der Waals surface area contributed by atoms with Crippen LogP contribution >= 0.6 is 23.4 Å². The van der Waals surface area contributed by atoms with Gasteiger partial charge >= 0.3 is 5.69 Å². The number of nitrogens with zero attached hydrogens (tertiary/aromatic N) is 2. The summed E-state index contributed by atoms with van der Waals surface area (Å²) in [7, 11) is 0. The van der Waals surface area contributed by atoms with Crippen LogP contribution in [0.4, 0.5) is 17.1 Å². The van der Waals surface area contributed by atoms with Crippen molar-refractivity contribution in [3.63, 3.8) is 0 Å². The van der Waals surface area contributed by atoms with Gasteiger partial charge in [-0.1, -0.05) is 35.9 Å². The molecule has 0 aliphatic rings. The zero-order chi connectivity index (χ0) is 16.3. The molecule has 1 amide bonds. The quantitative estimate of drug-likeness (QED) is 0.512. The van der Waals surface area contributed by atoms with Gasteiger partial charge < -0.3 is 5.73 Å². The normalized spacial score (nSPS) is 10.3. The molecule has 2 aromatic carbocycles. The van der Waals surface area contributed by atoms with Crippen molar-refractivity contribution in [2.24, 2.45) is 5.73 Å². The molecule has 0 radical (unpaired) electrons. The fourth-order valence-electron chi connectivity index (χ4n) is 2.01. The summed E-state index contributed by atoms with van der Waals surface area (Å²) in [5, 5.41) is 11.2. The Hall–Kier alpha value is -2.31. The van der Waals surface area contributed by atoms with Crippen LogP contribution in [0.15, 0.2) is 42.5 Å². The van der Waals surface area contributed by atoms with E-state index < -0.39 is 10.8 Å². The van der Waals surface area contributed by atoms with Gasteiger partial charge in [0.05, 0.1) is 17.0 Å². The number of primary amides is 1. The fraction of sp³-hybridized carbons (Fsp3) is 0.0714. The Morgan fingerprint density at radius 3 is 2.45 bits per heavy atom. The van der Waals surface area contributed by atoms with Crippen molar-refractivity contribution in [3.05, 3.63) is 63.2 Å². The minimum atomic E-state index is -0.607. The molecule has 0 atom stereocenters. The van der Waals surface area contributed by atoms with E-state index in [1.54, 1.807) is 30.3 Å². The van der Waals surface area contributed by atoms with Crippen LogP contribution in [0.3, 0.4) is 0 Å². The van der Waals surface area contributed by atoms with Gasteiger partial charge in [0.25, 0.3) is 0 Å². The number of benzene rings is 2. The van der Waals surface area contributed by atoms with Crippen molar-refractivity contribution in [1.82, 2.24) is 0 Å². The molecule has 22 heavy (non-hydrogen) atoms. The van der Waals surface area contributed by atoms with Gasteiger partial charge in [0.2, 0.25) is 5.91 Å². The van der Waals surface area contributed by atoms with Crippen LogP contribution in [-0.2, 0) is 11.2 Å². The molecule has 0 spiro atoms. The summed E-state index contributed by atoms with van der Waals surface area (Å²) in [6, 6.07) is 11.2. The van der Waals surface area contributed by atoms with E-state index in [9.17, 15) is 14.9 Å². The lowest BCUT2D eigenvalue weighted by Gasteiger charge is -2.19. The third-order valence-corrected chi connectivity index (χ3v) is 3.60. The highest BCUT2D eigenvalue weighted by molar-refractivity contribution is 6.35. The van der Waals surface area contributed by atoms with Crippen LogP contribution in [0, 0.1) is 10.1 Å². The van der Waals surface area contributed by atoms with Crippen LogP contribution < -0.4 is 10.2 Å². The number of hydrogen-bond acceptors (Lipinski definition) is 4. The van der Waals surface area contributed by atoms with Gasteiger partial charge in [-0.05, 0) is 23.8 Å². The number of carbonyl (C=O) groups is 1. The predicted molar refractivity (Wildman–Crippen MR) is 85.4 cm³/mol. The molecule has 8 heteroatoms. The van der Waals surface area contributed by atoms with Crippen molar-refractivity contribution < 1.29 is 9.72 Å². The molecule has 0 aliphatic carbocycles. The van der Waals surface area contributed by atoms with E-state index in [1.807, 2.05) is 0 Å². The Bertz CT molecular complexity index is 737. The van der Waals surface area contributed by atoms with Crippen molar-refractivity contribution in [3.8, 4) is 0 Å². The van der Waals surface area contributed by atoms with Gasteiger partial charge in [-0.3, -0.25) is 14.9 Å². The van der Waals surface area contributed by atoms with Gasteiger partial charge in [-0.25, -0.2) is 4.42 Å². The molecule has 0 bridgehead atoms. The number of carbonyl (C=O) groups excluding carboxylic acids is 1. The molecule has 0 saturated heterocycles. The standard InChI is InChI=1S/C14H11Cl2N3O3/c15-10-5-3-7-12(14(10)19(21)22)18(16)11-6-2-1-4-9(11)8-13(17)20/h1-7H,8H2,(H2,17,20). The van der Waals surface area contributed by atoms with Crippen molar-refractivity contribution in [2.45, 2.75) is 6.42 Å². The summed E-state index contributed by atoms with van der Waals surface area (Å²) in [6.07, 6.45) is -0.0340. The van der Waals surface area contributed by atoms with Crippen LogP contribution in [-0.4, -0.2) is 10.8 Å². The first-order valence-electron chi connectivity index (χ1n) is 6.17. The first kappa shape index (κ1) is 16.1. The minimum absolute atomic E-state index is 0.0273. The van der Waals surface area contributed by atoms with Crippen molar-refractivity contribution in [2.75, 3.05) is 4.42 Å². The molecule has 114 valence electrons. The SMILES string of the molecule is NC(=O)Cc1ccccc1N(Cl)c1cccc(Cl)c1[N+](=O)[O-]. The van der Waals surface area contributed by atoms with E-state index in [0.717, 1.165) is 4.42 Å². The average molecular weight is 340 g/mol. The lowest BCUT2D eigenvalue weighted by Crippen LogP contribution is -2.16. The predicted octanol–water partition coefficient (Wildman–Crippen LogP) is 3.57. The molecule has 0 aromatic heterocycles. The van der Waals surface area contributed by atoms with E-state index in [1.165, 1.54) is 12.1 Å². The lowest BCUT2D eigenvalue weighted by atomic mass is 10.1. The highest BCUT2D eigenvalue weighted by Gasteiger charge is 2.24. The number of halogens is 2. The summed E-state index contributed by atoms with van der Waals surface area (Å²) < 4.78 is 1.10. The van der Waals surface area contributed by atoms with E-state index in [2.05, 4.69) is 0 Å². The molecule has 2 rings (SSSR count). The van der Waals surface area contributed by atoms with E-state index in [4.69, 9.17) is 29.1 Å². The molecule has 2 N–H and O–H groups in total. The number of nitro groups is 1. The molecule has 0 heterocycles. The van der Waals surface area contributed by atoms with Crippen LogP contribution in [0.5, 0.6) is 0 Å². The number of rotatable bonds is 5. The average Bonchev–Trinajstić information content (AvgIpc) is 2.45. The number of para-hydroxylation sites is 2. The second kappa shape index (κ2) is 6.64. The van der Waals surface area contributed by atoms with E-state index in [-0.39, 0.29) is 22.8 Å². The smallest absolute Gasteiger partial charge is 0.312 e. The topological polar surface area (TPSA) is 89.5 Å². The maximum Gasteiger partial charge on any atom is 0.312 e. The van der Waals surface area contributed by atoms with Gasteiger partial charge in [-0.15, -0.1) is 0 Å². The van der Waals surface area contributed by atoms with Crippen LogP contribution in [0.2, 0.25) is 5.02 Å². The van der Waals surface area contributed by atoms with Crippen molar-refractivity contribution >= 4 is 46.3 Å². The Morgan fingerprint density at radius 2 is 1.82 bits per heavy atom. The molecule has 0 unspecified atom stereocenters. The molecular weight excluding hydrogens is 329 g/mol. The summed E-state index contributed by atoms with van der Waals surface area (Å²) in [6.45, 7) is 0. The molecule has 0 saturated carbocycles. The molecule has 2 aromatic rings. The van der Waals surface area contributed by atoms with Crippen molar-refractivity contribution in [1.29, 1.82) is 0 Å². The Morgan fingerprint density at radius 1 is 1.18 bits per heavy atom. The lowest BCUT2D eigenvalue weighted by molar-refractivity contribution is -0.383. The molecule has 0 aliphatic heterocycles. The number of nitro benzene ring substituents is 1. The Kier molecular flexibility index (Phi) is 4.85. The number of amides is 1. The Balaban J connectivity index is 2.54. The molecule has 6 nitrogen and oxygen atoms in total. The molecule has 0 fully saturated rings. The van der Waals surface area contributed by atoms with E-state index >= 15 is 0 Å². The van der Waals surface area contributed by atoms with Gasteiger partial charge in [0, 0.05) is 11.8 Å². The monoisotopic (exact) mass is 339 g/mol. The second-order valence-electron chi connectivity index (χ2n) is 4.42. The first-order valence-corrected chi connectivity index (χ1v) is 6.88. The highest BCUT2D eigenvalue weighted by atomic mass is 35.5. The fourth-order valence-corrected chi connectivity index (χ4v) is 2.55. The zero-order valence-electron chi connectivity index (χ0n) is 11.2. The maximum atomic E-state index is 11.2. The number of anilines is 2. The van der Waals surface area contributed by atoms with Gasteiger partial charge in [0.15, 0.2) is 0 Å². The Labute approximate surface area is 136 Å². The number of nitrogens with two attached hydrogens (primary N) is 1. The summed E-state index contributed by atoms with van der Waals surface area (Å²) in [4.78, 5) is 21.7. The maximum absolute atomic E-state index is 11.2. The van der Waals surface area contributed by atoms with Gasteiger partial charge in [0.1, 0.15) is 10.7 Å². The first-order chi connectivity index (χ1) is 10.4. The third kappa shape index (κ3) is 3.29. The number of hydrogen-bond donors (Lipinski definition) is 1. The zero-order valence-corrected chi connectivity index (χ0v) is 12.7. The largest absolute Gasteiger partial charge is 0.369 e. The summed E-state index contributed by atoms with van der Waals surface area (Å²) in [5.74, 6) is -0.530. The summed E-state index contributed by atoms with van der Waals surface area (Å²) in [5.41, 5.74) is 5.98. The second-order valence-corrected chi connectivity index (χ2v) is 5.16. The van der Waals surface area contributed by atoms with Gasteiger partial charge in [-0.2, -0.15) is 0 Å². The van der Waals surface area contributed by atoms with E-state index in [0.29, 0.717) is 11.3 Å². The highest BCUT2D eigenvalue weighted by Crippen LogP contribution is 2.40. The third-order valence-electron chi connectivity index (χ3n) is 2.93. The van der Waals surface area contributed by atoms with Crippen LogP contribution in [0.1, 0.15) is 5.56 Å².